The highest BCUT2D eigenvalue weighted by Gasteiger charge is 2.49. The lowest BCUT2D eigenvalue weighted by Crippen LogP contribution is -2.43. The van der Waals surface area contributed by atoms with Gasteiger partial charge in [0, 0.05) is 29.5 Å². The predicted molar refractivity (Wildman–Crippen MR) is 160 cm³/mol. The molecule has 0 aliphatic carbocycles. The van der Waals surface area contributed by atoms with Crippen molar-refractivity contribution in [2.24, 2.45) is 0 Å². The number of aliphatic hydroxyl groups is 1. The molecule has 0 bridgehead atoms. The topological polar surface area (TPSA) is 101 Å². The number of phenols is 1. The molecule has 2 N–H and O–H groups in total. The quantitative estimate of drug-likeness (QED) is 0.280. The molecule has 230 valence electrons. The first-order chi connectivity index (χ1) is 21.0. The summed E-state index contributed by atoms with van der Waals surface area (Å²) in [4.78, 5) is 15.8. The molecule has 2 aromatic carbocycles. The van der Waals surface area contributed by atoms with Gasteiger partial charge in [0.15, 0.2) is 5.82 Å². The number of phenolic OH excluding ortho intramolecular Hbond substituents is 1. The van der Waals surface area contributed by atoms with Crippen LogP contribution in [0.5, 0.6) is 17.6 Å². The number of pyridine rings is 1. The highest BCUT2D eigenvalue weighted by molar-refractivity contribution is 6.04. The summed E-state index contributed by atoms with van der Waals surface area (Å²) < 4.78 is 58.3. The zero-order valence-electron chi connectivity index (χ0n) is 24.5. The van der Waals surface area contributed by atoms with Crippen LogP contribution >= 0.6 is 0 Å². The number of halogens is 3. The molecule has 44 heavy (non-hydrogen) atoms. The minimum Gasteiger partial charge on any atom is -0.508 e. The van der Waals surface area contributed by atoms with Crippen molar-refractivity contribution in [3.05, 3.63) is 53.7 Å². The Labute approximate surface area is 252 Å². The largest absolute Gasteiger partial charge is 0.508 e. The smallest absolute Gasteiger partial charge is 0.320 e. The number of hydrogen-bond donors (Lipinski definition) is 2. The molecule has 7 rings (SSSR count). The predicted octanol–water partition coefficient (Wildman–Crippen LogP) is 5.89. The zero-order chi connectivity index (χ0) is 31.0. The Kier molecular flexibility index (Phi) is 6.74. The minimum absolute atomic E-state index is 0.0248. The van der Waals surface area contributed by atoms with Gasteiger partial charge in [-0.3, -0.25) is 4.90 Å². The van der Waals surface area contributed by atoms with Crippen LogP contribution in [0, 0.1) is 11.6 Å². The summed E-state index contributed by atoms with van der Waals surface area (Å²) in [6, 6.07) is 5.42. The summed E-state index contributed by atoms with van der Waals surface area (Å²) >= 11 is 0. The van der Waals surface area contributed by atoms with Gasteiger partial charge in [-0.25, -0.2) is 18.2 Å². The van der Waals surface area contributed by atoms with E-state index in [1.165, 1.54) is 30.3 Å². The molecule has 2 fully saturated rings. The van der Waals surface area contributed by atoms with Crippen LogP contribution in [0.15, 0.2) is 30.8 Å². The molecule has 5 heterocycles. The second-order valence-corrected chi connectivity index (χ2v) is 12.7. The third-order valence-electron chi connectivity index (χ3n) is 9.27. The van der Waals surface area contributed by atoms with E-state index in [0.29, 0.717) is 42.3 Å². The first kappa shape index (κ1) is 28.8. The Bertz CT molecular complexity index is 1830. The minimum atomic E-state index is -1.26. The van der Waals surface area contributed by atoms with E-state index in [0.717, 1.165) is 19.4 Å². The van der Waals surface area contributed by atoms with E-state index in [1.807, 2.05) is 0 Å². The van der Waals surface area contributed by atoms with E-state index in [-0.39, 0.29) is 52.0 Å². The summed E-state index contributed by atoms with van der Waals surface area (Å²) in [7, 11) is 0. The number of aromatic hydroxyl groups is 1. The van der Waals surface area contributed by atoms with Gasteiger partial charge in [0.2, 0.25) is 5.88 Å². The molecule has 0 unspecified atom stereocenters. The molecule has 11 heteroatoms. The number of ether oxygens (including phenoxy) is 2. The SMILES string of the molecule is C=Cc1c(F)ccc2cc(O)cc(-c3nc4c5c(nc(OC[C@@]67CCCN6C[C@H](F)C7)nc5c3F)O[C@@H](C(C)(C)O)CC4)c12. The van der Waals surface area contributed by atoms with Crippen LogP contribution in [0.2, 0.25) is 0 Å². The third-order valence-corrected chi connectivity index (χ3v) is 9.27. The van der Waals surface area contributed by atoms with Crippen LogP contribution < -0.4 is 9.47 Å². The summed E-state index contributed by atoms with van der Waals surface area (Å²) in [5, 5.41) is 22.5. The second-order valence-electron chi connectivity index (χ2n) is 12.7. The van der Waals surface area contributed by atoms with Crippen molar-refractivity contribution >= 4 is 27.8 Å². The average molecular weight is 607 g/mol. The number of nitrogens with zero attached hydrogens (tertiary/aromatic N) is 4. The van der Waals surface area contributed by atoms with Crippen LogP contribution in [0.4, 0.5) is 13.2 Å². The van der Waals surface area contributed by atoms with Crippen LogP contribution in [-0.4, -0.2) is 73.2 Å². The lowest BCUT2D eigenvalue weighted by Gasteiger charge is -2.31. The van der Waals surface area contributed by atoms with Crippen LogP contribution in [0.25, 0.3) is 39.0 Å². The highest BCUT2D eigenvalue weighted by atomic mass is 19.1. The van der Waals surface area contributed by atoms with E-state index in [1.54, 1.807) is 13.8 Å². The van der Waals surface area contributed by atoms with Gasteiger partial charge in [-0.05, 0) is 69.7 Å². The van der Waals surface area contributed by atoms with Crippen molar-refractivity contribution in [1.29, 1.82) is 0 Å². The van der Waals surface area contributed by atoms with Gasteiger partial charge in [-0.2, -0.15) is 9.97 Å². The van der Waals surface area contributed by atoms with Gasteiger partial charge in [-0.1, -0.05) is 18.7 Å². The molecule has 0 spiro atoms. The van der Waals surface area contributed by atoms with Crippen LogP contribution in [-0.2, 0) is 6.42 Å². The van der Waals surface area contributed by atoms with Gasteiger partial charge in [0.05, 0.1) is 22.2 Å². The van der Waals surface area contributed by atoms with E-state index >= 15 is 4.39 Å². The van der Waals surface area contributed by atoms with E-state index < -0.39 is 35.1 Å². The first-order valence-corrected chi connectivity index (χ1v) is 14.9. The normalized spacial score (nSPS) is 23.5. The second kappa shape index (κ2) is 10.3. The number of rotatable bonds is 6. The number of benzene rings is 2. The molecule has 2 saturated heterocycles. The Morgan fingerprint density at radius 1 is 1.20 bits per heavy atom. The summed E-state index contributed by atoms with van der Waals surface area (Å²) in [5.41, 5.74) is -1.28. The monoisotopic (exact) mass is 606 g/mol. The van der Waals surface area contributed by atoms with Crippen molar-refractivity contribution in [1.82, 2.24) is 19.9 Å². The number of fused-ring (bicyclic) bond motifs is 2. The number of aromatic nitrogens is 3. The highest BCUT2D eigenvalue weighted by Crippen LogP contribution is 2.43. The van der Waals surface area contributed by atoms with E-state index in [4.69, 9.17) is 9.47 Å². The molecule has 8 nitrogen and oxygen atoms in total. The fourth-order valence-corrected chi connectivity index (χ4v) is 7.15. The van der Waals surface area contributed by atoms with Crippen molar-refractivity contribution in [3.63, 3.8) is 0 Å². The van der Waals surface area contributed by atoms with Gasteiger partial charge < -0.3 is 19.7 Å². The molecule has 3 aliphatic rings. The maximum atomic E-state index is 16.7. The number of hydrogen-bond acceptors (Lipinski definition) is 8. The lowest BCUT2D eigenvalue weighted by atomic mass is 9.94. The van der Waals surface area contributed by atoms with E-state index in [9.17, 15) is 19.0 Å². The molecular formula is C33H33F3N4O4. The zero-order valence-corrected chi connectivity index (χ0v) is 24.5. The maximum Gasteiger partial charge on any atom is 0.320 e. The van der Waals surface area contributed by atoms with Crippen molar-refractivity contribution in [2.45, 2.75) is 69.4 Å². The van der Waals surface area contributed by atoms with Gasteiger partial charge in [0.1, 0.15) is 41.7 Å². The van der Waals surface area contributed by atoms with Crippen molar-refractivity contribution in [2.75, 3.05) is 19.7 Å². The van der Waals surface area contributed by atoms with Gasteiger partial charge >= 0.3 is 6.01 Å². The van der Waals surface area contributed by atoms with Gasteiger partial charge in [0.25, 0.3) is 0 Å². The average Bonchev–Trinajstić information content (AvgIpc) is 3.42. The molecule has 3 atom stereocenters. The molecule has 0 radical (unpaired) electrons. The molecular weight excluding hydrogens is 573 g/mol. The van der Waals surface area contributed by atoms with Crippen LogP contribution in [0.1, 0.15) is 50.8 Å². The molecule has 2 aromatic heterocycles. The number of alkyl halides is 1. The number of aryl methyl sites for hydroxylation is 1. The summed E-state index contributed by atoms with van der Waals surface area (Å²) in [6.07, 6.45) is 2.35. The van der Waals surface area contributed by atoms with Gasteiger partial charge in [-0.15, -0.1) is 0 Å². The fourth-order valence-electron chi connectivity index (χ4n) is 7.15. The lowest BCUT2D eigenvalue weighted by molar-refractivity contribution is -0.0374. The van der Waals surface area contributed by atoms with E-state index in [2.05, 4.69) is 26.4 Å². The maximum absolute atomic E-state index is 16.7. The molecule has 0 saturated carbocycles. The first-order valence-electron chi connectivity index (χ1n) is 14.9. The molecule has 3 aliphatic heterocycles. The molecule has 0 amide bonds. The Morgan fingerprint density at radius 2 is 2.02 bits per heavy atom. The Hall–Kier alpha value is -3.96. The standard InChI is InChI=1S/C33H33F3N4O4/c1-4-20-22(35)7-6-17-12-19(41)13-21(25(17)20)28-27(36)29-26-23(37-28)8-9-24(32(2,3)42)44-30(26)39-31(38-29)43-16-33-10-5-11-40(33)15-18(34)14-33/h4,6-7,12-13,18,24,41-42H,1,5,8-11,14-16H2,2-3H3/t18-,24-,33+/m1/s1. The Balaban J connectivity index is 1.42. The summed E-state index contributed by atoms with van der Waals surface area (Å²) in [5.74, 6) is -1.51. The molecule has 4 aromatic rings. The van der Waals surface area contributed by atoms with Crippen molar-refractivity contribution < 1.29 is 32.9 Å². The van der Waals surface area contributed by atoms with Crippen molar-refractivity contribution in [3.8, 4) is 28.9 Å². The Morgan fingerprint density at radius 3 is 2.80 bits per heavy atom. The fraction of sp³-hybridized carbons (Fsp3) is 0.424. The third kappa shape index (κ3) is 4.64. The summed E-state index contributed by atoms with van der Waals surface area (Å²) in [6.45, 7) is 8.23. The van der Waals surface area contributed by atoms with Crippen LogP contribution in [0.3, 0.4) is 0 Å².